The molecule has 0 atom stereocenters. The quantitative estimate of drug-likeness (QED) is 0.134. The van der Waals surface area contributed by atoms with Crippen molar-refractivity contribution in [1.82, 2.24) is 0 Å². The summed E-state index contributed by atoms with van der Waals surface area (Å²) in [6, 6.07) is 43.8. The molecule has 0 aromatic heterocycles. The van der Waals surface area contributed by atoms with Crippen molar-refractivity contribution in [3.63, 3.8) is 0 Å². The summed E-state index contributed by atoms with van der Waals surface area (Å²) in [5.74, 6) is 0. The van der Waals surface area contributed by atoms with Crippen LogP contribution in [0, 0.1) is 6.08 Å². The molecule has 0 aliphatic heterocycles. The minimum absolute atomic E-state index is 0. The number of rotatable bonds is 5. The van der Waals surface area contributed by atoms with Crippen LogP contribution in [0.1, 0.15) is 12.0 Å². The molecule has 1 aliphatic carbocycles. The summed E-state index contributed by atoms with van der Waals surface area (Å²) < 4.78 is 0. The molecule has 5 heteroatoms. The van der Waals surface area contributed by atoms with Crippen LogP contribution in [0.3, 0.4) is 0 Å². The average Bonchev–Trinajstić information content (AvgIpc) is 3.33. The number of hydrogen-bond donors (Lipinski definition) is 0. The summed E-state index contributed by atoms with van der Waals surface area (Å²) in [6.45, 7) is 0. The first kappa shape index (κ1) is 30.2. The Morgan fingerprint density at radius 2 is 0.853 bits per heavy atom. The van der Waals surface area contributed by atoms with Crippen LogP contribution in [0.15, 0.2) is 133 Å². The van der Waals surface area contributed by atoms with Gasteiger partial charge in [-0.3, -0.25) is 0 Å². The third kappa shape index (κ3) is 5.69. The van der Waals surface area contributed by atoms with E-state index in [1.54, 1.807) is 0 Å². The normalized spacial score (nSPS) is 12.0. The Labute approximate surface area is 237 Å². The predicted molar refractivity (Wildman–Crippen MR) is 130 cm³/mol. The minimum atomic E-state index is -2.41. The molecule has 0 unspecified atom stereocenters. The number of halogens is 3. The van der Waals surface area contributed by atoms with E-state index in [-0.39, 0.29) is 58.9 Å². The Balaban J connectivity index is 0.00000144. The molecule has 0 saturated carbocycles. The largest absolute Gasteiger partial charge is 4.00 e. The minimum Gasteiger partial charge on any atom is -1.00 e. The molecular weight excluding hydrogens is 531 g/mol. The van der Waals surface area contributed by atoms with Gasteiger partial charge in [-0.25, -0.2) is 0 Å². The van der Waals surface area contributed by atoms with Crippen molar-refractivity contribution < 1.29 is 58.9 Å². The van der Waals surface area contributed by atoms with Crippen molar-refractivity contribution in [1.29, 1.82) is 0 Å². The van der Waals surface area contributed by atoms with Crippen LogP contribution >= 0.6 is 0 Å². The van der Waals surface area contributed by atoms with Crippen LogP contribution in [-0.2, 0) is 21.7 Å². The summed E-state index contributed by atoms with van der Waals surface area (Å²) in [7, 11) is -2.41. The summed E-state index contributed by atoms with van der Waals surface area (Å²) in [5, 5.41) is 5.65. The zero-order valence-corrected chi connectivity index (χ0v) is 23.3. The molecule has 0 N–H and O–H groups in total. The molecule has 0 fully saturated rings. The van der Waals surface area contributed by atoms with E-state index in [4.69, 9.17) is 0 Å². The fraction of sp³-hybridized carbons (Fsp3) is 0.0345. The molecule has 4 aromatic rings. The van der Waals surface area contributed by atoms with Gasteiger partial charge in [0.2, 0.25) is 0 Å². The van der Waals surface area contributed by atoms with Crippen molar-refractivity contribution >= 4 is 29.2 Å². The molecule has 0 bridgehead atoms. The van der Waals surface area contributed by atoms with Gasteiger partial charge < -0.3 is 37.2 Å². The molecular formula is C29H23Cl3SiTi. The molecule has 0 radical (unpaired) electrons. The Bertz CT molecular complexity index is 1100. The van der Waals surface area contributed by atoms with Gasteiger partial charge in [-0.15, -0.1) is 22.9 Å². The Morgan fingerprint density at radius 3 is 1.24 bits per heavy atom. The third-order valence-electron chi connectivity index (χ3n) is 5.95. The monoisotopic (exact) mass is 552 g/mol. The maximum absolute atomic E-state index is 3.88. The molecule has 0 heterocycles. The van der Waals surface area contributed by atoms with Gasteiger partial charge in [0, 0.05) is 0 Å². The van der Waals surface area contributed by atoms with Crippen LogP contribution in [-0.4, -0.2) is 8.07 Å². The molecule has 0 nitrogen and oxygen atoms in total. The first-order chi connectivity index (χ1) is 14.9. The van der Waals surface area contributed by atoms with Crippen molar-refractivity contribution in [3.05, 3.63) is 144 Å². The summed E-state index contributed by atoms with van der Waals surface area (Å²) in [6.07, 6.45) is 7.17. The SMILES string of the molecule is [C-]1=C([Si](c2ccccc2)(c2ccccc2)c2ccccc2)CC=C1c1ccccc1.[Cl-].[Cl-].[Cl-].[Ti+4]. The topological polar surface area (TPSA) is 0 Å². The smallest absolute Gasteiger partial charge is 1.00 e. The van der Waals surface area contributed by atoms with Crippen molar-refractivity contribution in [3.8, 4) is 0 Å². The van der Waals surface area contributed by atoms with Gasteiger partial charge in [-0.2, -0.15) is 17.7 Å². The molecule has 0 saturated heterocycles. The maximum atomic E-state index is 3.88. The van der Waals surface area contributed by atoms with E-state index in [9.17, 15) is 0 Å². The zero-order valence-electron chi connectivity index (χ0n) is 18.5. The maximum Gasteiger partial charge on any atom is 4.00 e. The van der Waals surface area contributed by atoms with E-state index < -0.39 is 8.07 Å². The fourth-order valence-electron chi connectivity index (χ4n) is 4.61. The second-order valence-corrected chi connectivity index (χ2v) is 11.5. The van der Waals surface area contributed by atoms with Crippen LogP contribution in [0.4, 0.5) is 0 Å². The van der Waals surface area contributed by atoms with Gasteiger partial charge in [0.1, 0.15) is 0 Å². The zero-order chi connectivity index (χ0) is 20.2. The molecule has 4 aromatic carbocycles. The Kier molecular flexibility index (Phi) is 12.3. The molecule has 0 spiro atoms. The average molecular weight is 554 g/mol. The Hall–Kier alpha value is -1.84. The predicted octanol–water partition coefficient (Wildman–Crippen LogP) is -4.08. The van der Waals surface area contributed by atoms with Gasteiger partial charge in [0.25, 0.3) is 0 Å². The fourth-order valence-corrected chi connectivity index (χ4v) is 9.46. The number of hydrogen-bond acceptors (Lipinski definition) is 0. The van der Waals surface area contributed by atoms with E-state index in [1.165, 1.54) is 31.9 Å². The molecule has 0 amide bonds. The van der Waals surface area contributed by atoms with Crippen molar-refractivity contribution in [2.75, 3.05) is 0 Å². The molecule has 1 aliphatic rings. The van der Waals surface area contributed by atoms with E-state index >= 15 is 0 Å². The van der Waals surface area contributed by atoms with Gasteiger partial charge in [-0.1, -0.05) is 116 Å². The van der Waals surface area contributed by atoms with Crippen molar-refractivity contribution in [2.45, 2.75) is 6.42 Å². The van der Waals surface area contributed by atoms with E-state index in [2.05, 4.69) is 133 Å². The summed E-state index contributed by atoms with van der Waals surface area (Å²) in [4.78, 5) is 0. The number of allylic oxidation sites excluding steroid dienone is 4. The second kappa shape index (κ2) is 13.9. The Morgan fingerprint density at radius 1 is 0.500 bits per heavy atom. The van der Waals surface area contributed by atoms with Gasteiger partial charge in [0.05, 0.1) is 0 Å². The van der Waals surface area contributed by atoms with E-state index in [1.807, 2.05) is 0 Å². The first-order valence-electron chi connectivity index (χ1n) is 10.4. The molecule has 5 rings (SSSR count). The van der Waals surface area contributed by atoms with E-state index in [0.717, 1.165) is 6.42 Å². The van der Waals surface area contributed by atoms with Crippen LogP contribution in [0.2, 0.25) is 0 Å². The summed E-state index contributed by atoms with van der Waals surface area (Å²) in [5.41, 5.74) is 2.45. The van der Waals surface area contributed by atoms with Crippen molar-refractivity contribution in [2.24, 2.45) is 0 Å². The summed E-state index contributed by atoms with van der Waals surface area (Å²) >= 11 is 0. The number of benzene rings is 4. The van der Waals surface area contributed by atoms with Gasteiger partial charge in [0.15, 0.2) is 8.07 Å². The van der Waals surface area contributed by atoms with Gasteiger partial charge >= 0.3 is 21.7 Å². The third-order valence-corrected chi connectivity index (χ3v) is 10.8. The van der Waals surface area contributed by atoms with Crippen LogP contribution in [0.5, 0.6) is 0 Å². The molecule has 34 heavy (non-hydrogen) atoms. The van der Waals surface area contributed by atoms with Crippen LogP contribution < -0.4 is 52.8 Å². The second-order valence-electron chi connectivity index (χ2n) is 7.64. The standard InChI is InChI=1S/C29H23Si.3ClH.Ti/c1-5-13-24(14-6-1)25-21-22-29(23-25)30(26-15-7-2-8-16-26,27-17-9-3-10-18-27)28-19-11-4-12-20-28;;;;/h1-21H,22H2;3*1H;/q-1;;;;+4/p-3. The van der Waals surface area contributed by atoms with E-state index in [0.29, 0.717) is 0 Å². The van der Waals surface area contributed by atoms with Gasteiger partial charge in [-0.05, 0) is 15.6 Å². The first-order valence-corrected chi connectivity index (χ1v) is 12.4. The van der Waals surface area contributed by atoms with Crippen LogP contribution in [0.25, 0.3) is 5.57 Å². The molecule has 168 valence electrons.